The van der Waals surface area contributed by atoms with Crippen LogP contribution in [-0.4, -0.2) is 28.0 Å². The number of carbonyl (C=O) groups excluding carboxylic acids is 2. The van der Waals surface area contributed by atoms with E-state index in [1.165, 1.54) is 6.07 Å². The van der Waals surface area contributed by atoms with Gasteiger partial charge in [-0.05, 0) is 61.2 Å². The second kappa shape index (κ2) is 10.7. The molecule has 0 bridgehead atoms. The zero-order chi connectivity index (χ0) is 25.8. The van der Waals surface area contributed by atoms with Gasteiger partial charge in [0.15, 0.2) is 0 Å². The van der Waals surface area contributed by atoms with Gasteiger partial charge in [-0.1, -0.05) is 38.1 Å². The Morgan fingerprint density at radius 1 is 1.11 bits per heavy atom. The SMILES string of the molecule is CCOC(=O)c1ccc2c(C(=O)NCc3ccc(C)c(F)c3)c(C(C)C)n(Cc3ccccn3)c2c1. The minimum absolute atomic E-state index is 0.00437. The van der Waals surface area contributed by atoms with E-state index < -0.39 is 5.97 Å². The molecular formula is C29H30FN3O3. The van der Waals surface area contributed by atoms with Crippen molar-refractivity contribution in [1.82, 2.24) is 14.9 Å². The molecule has 0 aliphatic rings. The van der Waals surface area contributed by atoms with Crippen molar-refractivity contribution >= 4 is 22.8 Å². The number of halogens is 1. The molecule has 0 aliphatic carbocycles. The molecule has 4 aromatic rings. The predicted octanol–water partition coefficient (Wildman–Crippen LogP) is 5.76. The summed E-state index contributed by atoms with van der Waals surface area (Å²) in [6.07, 6.45) is 1.73. The number of nitrogens with zero attached hydrogens (tertiary/aromatic N) is 2. The highest BCUT2D eigenvalue weighted by atomic mass is 19.1. The highest BCUT2D eigenvalue weighted by molar-refractivity contribution is 6.10. The number of fused-ring (bicyclic) bond motifs is 1. The largest absolute Gasteiger partial charge is 0.462 e. The molecule has 0 saturated heterocycles. The van der Waals surface area contributed by atoms with Crippen LogP contribution in [0.4, 0.5) is 4.39 Å². The molecule has 7 heteroatoms. The van der Waals surface area contributed by atoms with Crippen molar-refractivity contribution in [1.29, 1.82) is 0 Å². The summed E-state index contributed by atoms with van der Waals surface area (Å²) >= 11 is 0. The van der Waals surface area contributed by atoms with Gasteiger partial charge in [-0.2, -0.15) is 0 Å². The van der Waals surface area contributed by atoms with E-state index in [-0.39, 0.29) is 30.8 Å². The number of pyridine rings is 1. The molecule has 1 N–H and O–H groups in total. The van der Waals surface area contributed by atoms with Gasteiger partial charge < -0.3 is 14.6 Å². The molecule has 2 aromatic carbocycles. The third kappa shape index (κ3) is 5.15. The number of ether oxygens (including phenoxy) is 1. The summed E-state index contributed by atoms with van der Waals surface area (Å²) < 4.78 is 21.3. The van der Waals surface area contributed by atoms with Crippen LogP contribution in [0.1, 0.15) is 69.9 Å². The van der Waals surface area contributed by atoms with E-state index in [0.29, 0.717) is 28.8 Å². The molecule has 36 heavy (non-hydrogen) atoms. The van der Waals surface area contributed by atoms with Crippen molar-refractivity contribution in [2.75, 3.05) is 6.61 Å². The maximum absolute atomic E-state index is 14.0. The second-order valence-electron chi connectivity index (χ2n) is 9.04. The summed E-state index contributed by atoms with van der Waals surface area (Å²) in [5.74, 6) is -0.968. The summed E-state index contributed by atoms with van der Waals surface area (Å²) in [6, 6.07) is 15.9. The monoisotopic (exact) mass is 487 g/mol. The molecule has 186 valence electrons. The number of hydrogen-bond donors (Lipinski definition) is 1. The van der Waals surface area contributed by atoms with Crippen LogP contribution in [0.5, 0.6) is 0 Å². The van der Waals surface area contributed by atoms with Gasteiger partial charge in [-0.25, -0.2) is 9.18 Å². The van der Waals surface area contributed by atoms with Gasteiger partial charge >= 0.3 is 5.97 Å². The topological polar surface area (TPSA) is 73.2 Å². The van der Waals surface area contributed by atoms with E-state index in [1.807, 2.05) is 36.6 Å². The van der Waals surface area contributed by atoms with Crippen LogP contribution in [0, 0.1) is 12.7 Å². The van der Waals surface area contributed by atoms with Crippen molar-refractivity contribution in [3.8, 4) is 0 Å². The molecule has 0 atom stereocenters. The number of carbonyl (C=O) groups is 2. The van der Waals surface area contributed by atoms with Crippen molar-refractivity contribution < 1.29 is 18.7 Å². The average molecular weight is 488 g/mol. The Bertz CT molecular complexity index is 1410. The molecule has 0 unspecified atom stereocenters. The van der Waals surface area contributed by atoms with Crippen LogP contribution in [0.3, 0.4) is 0 Å². The molecule has 6 nitrogen and oxygen atoms in total. The number of nitrogens with one attached hydrogen (secondary N) is 1. The fourth-order valence-corrected chi connectivity index (χ4v) is 4.39. The lowest BCUT2D eigenvalue weighted by Crippen LogP contribution is -2.24. The number of aromatic nitrogens is 2. The lowest BCUT2D eigenvalue weighted by Gasteiger charge is -2.15. The fourth-order valence-electron chi connectivity index (χ4n) is 4.39. The number of amides is 1. The van der Waals surface area contributed by atoms with Crippen LogP contribution < -0.4 is 5.32 Å². The first-order valence-corrected chi connectivity index (χ1v) is 12.1. The van der Waals surface area contributed by atoms with Crippen LogP contribution in [-0.2, 0) is 17.8 Å². The van der Waals surface area contributed by atoms with Crippen LogP contribution in [0.2, 0.25) is 0 Å². The highest BCUT2D eigenvalue weighted by Gasteiger charge is 2.25. The van der Waals surface area contributed by atoms with Crippen LogP contribution in [0.25, 0.3) is 10.9 Å². The van der Waals surface area contributed by atoms with E-state index in [1.54, 1.807) is 50.4 Å². The minimum Gasteiger partial charge on any atom is -0.462 e. The van der Waals surface area contributed by atoms with Gasteiger partial charge in [-0.15, -0.1) is 0 Å². The molecule has 0 saturated carbocycles. The Labute approximate surface area is 210 Å². The summed E-state index contributed by atoms with van der Waals surface area (Å²) in [7, 11) is 0. The first-order chi connectivity index (χ1) is 17.3. The van der Waals surface area contributed by atoms with Crippen LogP contribution in [0.15, 0.2) is 60.8 Å². The molecule has 0 radical (unpaired) electrons. The van der Waals surface area contributed by atoms with Crippen molar-refractivity contribution in [3.63, 3.8) is 0 Å². The summed E-state index contributed by atoms with van der Waals surface area (Å²) in [4.78, 5) is 30.5. The summed E-state index contributed by atoms with van der Waals surface area (Å²) in [5.41, 5.74) is 4.62. The first-order valence-electron chi connectivity index (χ1n) is 12.1. The quantitative estimate of drug-likeness (QED) is 0.321. The number of rotatable bonds is 8. The lowest BCUT2D eigenvalue weighted by molar-refractivity contribution is 0.0526. The molecule has 0 aliphatic heterocycles. The van der Waals surface area contributed by atoms with Gasteiger partial charge in [0.05, 0.1) is 35.5 Å². The second-order valence-corrected chi connectivity index (χ2v) is 9.04. The molecular weight excluding hydrogens is 457 g/mol. The fraction of sp³-hybridized carbons (Fsp3) is 0.276. The van der Waals surface area contributed by atoms with E-state index >= 15 is 0 Å². The number of esters is 1. The Morgan fingerprint density at radius 2 is 1.92 bits per heavy atom. The average Bonchev–Trinajstić information content (AvgIpc) is 3.19. The zero-order valence-corrected chi connectivity index (χ0v) is 21.0. The molecule has 4 rings (SSSR count). The van der Waals surface area contributed by atoms with Crippen molar-refractivity contribution in [2.45, 2.75) is 46.7 Å². The van der Waals surface area contributed by atoms with Crippen molar-refractivity contribution in [3.05, 3.63) is 100 Å². The molecule has 0 fully saturated rings. The zero-order valence-electron chi connectivity index (χ0n) is 21.0. The number of aryl methyl sites for hydroxylation is 1. The minimum atomic E-state index is -0.413. The Hall–Kier alpha value is -4.00. The van der Waals surface area contributed by atoms with E-state index in [2.05, 4.69) is 10.3 Å². The van der Waals surface area contributed by atoms with Gasteiger partial charge in [0.25, 0.3) is 5.91 Å². The van der Waals surface area contributed by atoms with Crippen molar-refractivity contribution in [2.24, 2.45) is 0 Å². The molecule has 2 aromatic heterocycles. The summed E-state index contributed by atoms with van der Waals surface area (Å²) in [5, 5.41) is 3.69. The highest BCUT2D eigenvalue weighted by Crippen LogP contribution is 2.33. The van der Waals surface area contributed by atoms with Gasteiger partial charge in [0, 0.05) is 23.8 Å². The Morgan fingerprint density at radius 3 is 2.58 bits per heavy atom. The number of benzene rings is 2. The number of hydrogen-bond acceptors (Lipinski definition) is 4. The van der Waals surface area contributed by atoms with E-state index in [0.717, 1.165) is 22.3 Å². The predicted molar refractivity (Wildman–Crippen MR) is 138 cm³/mol. The van der Waals surface area contributed by atoms with Gasteiger partial charge in [-0.3, -0.25) is 9.78 Å². The Balaban J connectivity index is 1.81. The molecule has 1 amide bonds. The summed E-state index contributed by atoms with van der Waals surface area (Å²) in [6.45, 7) is 8.43. The molecule has 2 heterocycles. The van der Waals surface area contributed by atoms with Gasteiger partial charge in [0.1, 0.15) is 5.82 Å². The van der Waals surface area contributed by atoms with E-state index in [9.17, 15) is 14.0 Å². The Kier molecular flexibility index (Phi) is 7.48. The third-order valence-electron chi connectivity index (χ3n) is 6.13. The lowest BCUT2D eigenvalue weighted by atomic mass is 10.0. The third-order valence-corrected chi connectivity index (χ3v) is 6.13. The first kappa shape index (κ1) is 25.1. The van der Waals surface area contributed by atoms with Crippen LogP contribution >= 0.6 is 0 Å². The maximum Gasteiger partial charge on any atom is 0.338 e. The maximum atomic E-state index is 14.0. The normalized spacial score (nSPS) is 11.2. The standard InChI is InChI=1S/C29H30FN3O3/c1-5-36-29(35)21-11-12-23-25(15-21)33(17-22-8-6-7-13-31-22)27(18(2)3)26(23)28(34)32-16-20-10-9-19(4)24(30)14-20/h6-15,18H,5,16-17H2,1-4H3,(H,32,34). The van der Waals surface area contributed by atoms with Gasteiger partial charge in [0.2, 0.25) is 0 Å². The molecule has 0 spiro atoms. The van der Waals surface area contributed by atoms with E-state index in [4.69, 9.17) is 4.74 Å². The smallest absolute Gasteiger partial charge is 0.338 e.